The summed E-state index contributed by atoms with van der Waals surface area (Å²) in [6.45, 7) is 4.36. The van der Waals surface area contributed by atoms with Gasteiger partial charge in [0.1, 0.15) is 11.5 Å². The Morgan fingerprint density at radius 3 is 2.32 bits per heavy atom. The van der Waals surface area contributed by atoms with Crippen molar-refractivity contribution in [3.05, 3.63) is 47.5 Å². The van der Waals surface area contributed by atoms with Gasteiger partial charge in [0.2, 0.25) is 12.6 Å². The summed E-state index contributed by atoms with van der Waals surface area (Å²) >= 11 is 0. The van der Waals surface area contributed by atoms with E-state index in [2.05, 4.69) is 19.1 Å². The van der Waals surface area contributed by atoms with Gasteiger partial charge in [0.15, 0.2) is 11.5 Å². The van der Waals surface area contributed by atoms with Gasteiger partial charge in [-0.15, -0.1) is 0 Å². The highest BCUT2D eigenvalue weighted by Crippen LogP contribution is 2.52. The molecule has 2 aromatic carbocycles. The lowest BCUT2D eigenvalue weighted by molar-refractivity contribution is -0.194. The average Bonchev–Trinajstić information content (AvgIpc) is 3.09. The van der Waals surface area contributed by atoms with E-state index in [0.29, 0.717) is 5.75 Å². The van der Waals surface area contributed by atoms with Crippen LogP contribution in [-0.4, -0.2) is 26.8 Å². The van der Waals surface area contributed by atoms with Crippen LogP contribution in [0.5, 0.6) is 23.0 Å². The third kappa shape index (κ3) is 2.50. The van der Waals surface area contributed by atoms with Crippen LogP contribution in [0.4, 0.5) is 0 Å². The molecular formula is C20H22O5. The quantitative estimate of drug-likeness (QED) is 0.845. The highest BCUT2D eigenvalue weighted by atomic mass is 16.7. The molecule has 0 saturated carbocycles. The molecule has 5 nitrogen and oxygen atoms in total. The fourth-order valence-electron chi connectivity index (χ4n) is 3.66. The summed E-state index contributed by atoms with van der Waals surface area (Å²) in [5.74, 6) is 2.55. The van der Waals surface area contributed by atoms with Gasteiger partial charge in [0.25, 0.3) is 0 Å². The van der Waals surface area contributed by atoms with Gasteiger partial charge >= 0.3 is 0 Å². The topological polar surface area (TPSA) is 46.2 Å². The van der Waals surface area contributed by atoms with E-state index in [1.807, 2.05) is 31.2 Å². The van der Waals surface area contributed by atoms with Crippen molar-refractivity contribution >= 4 is 0 Å². The Morgan fingerprint density at radius 1 is 1.00 bits per heavy atom. The minimum atomic E-state index is -0.731. The molecule has 0 N–H and O–H groups in total. The van der Waals surface area contributed by atoms with E-state index in [9.17, 15) is 0 Å². The summed E-state index contributed by atoms with van der Waals surface area (Å²) in [7, 11) is 3.35. The lowest BCUT2D eigenvalue weighted by atomic mass is 9.75. The molecule has 0 radical (unpaired) electrons. The lowest BCUT2D eigenvalue weighted by Crippen LogP contribution is -2.47. The highest BCUT2D eigenvalue weighted by Gasteiger charge is 2.46. The molecule has 25 heavy (non-hydrogen) atoms. The number of ether oxygens (including phenoxy) is 5. The van der Waals surface area contributed by atoms with Gasteiger partial charge in [-0.05, 0) is 23.8 Å². The van der Waals surface area contributed by atoms with E-state index in [4.69, 9.17) is 23.7 Å². The molecule has 0 spiro atoms. The molecule has 2 heterocycles. The van der Waals surface area contributed by atoms with Crippen molar-refractivity contribution in [3.63, 3.8) is 0 Å². The normalized spacial score (nSPS) is 26.7. The highest BCUT2D eigenvalue weighted by molar-refractivity contribution is 5.56. The monoisotopic (exact) mass is 342 g/mol. The number of hydrogen-bond acceptors (Lipinski definition) is 5. The summed E-state index contributed by atoms with van der Waals surface area (Å²) in [4.78, 5) is 0. The number of methoxy groups -OCH3 is 2. The first kappa shape index (κ1) is 16.1. The second-order valence-electron chi connectivity index (χ2n) is 6.60. The van der Waals surface area contributed by atoms with Crippen LogP contribution in [0, 0.1) is 5.92 Å². The van der Waals surface area contributed by atoms with E-state index >= 15 is 0 Å². The Balaban J connectivity index is 1.86. The van der Waals surface area contributed by atoms with E-state index in [1.165, 1.54) is 5.56 Å². The van der Waals surface area contributed by atoms with Gasteiger partial charge < -0.3 is 23.7 Å². The largest absolute Gasteiger partial charge is 0.497 e. The smallest absolute Gasteiger partial charge is 0.231 e. The number of benzene rings is 2. The van der Waals surface area contributed by atoms with Crippen LogP contribution >= 0.6 is 0 Å². The Hall–Kier alpha value is -2.40. The molecule has 2 aromatic rings. The maximum absolute atomic E-state index is 6.22. The first-order chi connectivity index (χ1) is 12.1. The zero-order valence-corrected chi connectivity index (χ0v) is 14.9. The molecule has 132 valence electrons. The second kappa shape index (κ2) is 5.85. The van der Waals surface area contributed by atoms with Crippen LogP contribution in [0.1, 0.15) is 30.9 Å². The van der Waals surface area contributed by atoms with Crippen molar-refractivity contribution in [2.45, 2.75) is 25.6 Å². The summed E-state index contributed by atoms with van der Waals surface area (Å²) < 4.78 is 28.3. The third-order valence-electron chi connectivity index (χ3n) is 5.36. The van der Waals surface area contributed by atoms with E-state index in [1.54, 1.807) is 14.2 Å². The van der Waals surface area contributed by atoms with Crippen LogP contribution in [0.25, 0.3) is 0 Å². The van der Waals surface area contributed by atoms with Crippen molar-refractivity contribution in [2.24, 2.45) is 5.92 Å². The van der Waals surface area contributed by atoms with Crippen LogP contribution in [-0.2, 0) is 4.74 Å². The summed E-state index contributed by atoms with van der Waals surface area (Å²) in [6, 6.07) is 12.1. The van der Waals surface area contributed by atoms with Gasteiger partial charge in [0, 0.05) is 37.5 Å². The lowest BCUT2D eigenvalue weighted by Gasteiger charge is -2.44. The molecule has 0 unspecified atom stereocenters. The molecule has 0 bridgehead atoms. The van der Waals surface area contributed by atoms with Crippen LogP contribution in [0.3, 0.4) is 0 Å². The summed E-state index contributed by atoms with van der Waals surface area (Å²) in [6.07, 6.45) is 0. The number of hydrogen-bond donors (Lipinski definition) is 0. The first-order valence-corrected chi connectivity index (χ1v) is 8.37. The minimum Gasteiger partial charge on any atom is -0.497 e. The van der Waals surface area contributed by atoms with Crippen molar-refractivity contribution < 1.29 is 23.7 Å². The van der Waals surface area contributed by atoms with Gasteiger partial charge in [0.05, 0.1) is 7.11 Å². The van der Waals surface area contributed by atoms with Gasteiger partial charge in [-0.1, -0.05) is 19.1 Å². The van der Waals surface area contributed by atoms with Crippen molar-refractivity contribution in [2.75, 3.05) is 21.0 Å². The maximum Gasteiger partial charge on any atom is 0.231 e. The Bertz CT molecular complexity index is 785. The van der Waals surface area contributed by atoms with Crippen LogP contribution in [0.2, 0.25) is 0 Å². The molecular weight excluding hydrogens is 320 g/mol. The van der Waals surface area contributed by atoms with Crippen molar-refractivity contribution in [1.82, 2.24) is 0 Å². The second-order valence-corrected chi connectivity index (χ2v) is 6.60. The molecule has 2 aliphatic rings. The standard InChI is InChI=1S/C20H22O5/c1-12-19(13-5-7-14(21-3)8-6-13)15-9-17-18(24-11-23-17)10-16(15)25-20(12,2)22-4/h5-10,12,19H,11H2,1-4H3/t12-,19-,20+/m1/s1. The van der Waals surface area contributed by atoms with E-state index in [0.717, 1.165) is 22.8 Å². The molecule has 0 amide bonds. The Morgan fingerprint density at radius 2 is 1.68 bits per heavy atom. The van der Waals surface area contributed by atoms with E-state index in [-0.39, 0.29) is 18.6 Å². The summed E-state index contributed by atoms with van der Waals surface area (Å²) in [5, 5.41) is 0. The predicted molar refractivity (Wildman–Crippen MR) is 92.6 cm³/mol. The minimum absolute atomic E-state index is 0.0961. The third-order valence-corrected chi connectivity index (χ3v) is 5.36. The first-order valence-electron chi connectivity index (χ1n) is 8.37. The Labute approximate surface area is 147 Å². The SMILES string of the molecule is COc1ccc([C@@H]2c3cc4c(cc3O[C@](C)(OC)[C@@H]2C)OCO4)cc1. The fourth-order valence-corrected chi connectivity index (χ4v) is 3.66. The Kier molecular flexibility index (Phi) is 3.76. The zero-order valence-electron chi connectivity index (χ0n) is 14.9. The molecule has 0 fully saturated rings. The number of fused-ring (bicyclic) bond motifs is 2. The maximum atomic E-state index is 6.22. The van der Waals surface area contributed by atoms with Gasteiger partial charge in [-0.3, -0.25) is 0 Å². The zero-order chi connectivity index (χ0) is 17.6. The number of rotatable bonds is 3. The molecule has 0 saturated heterocycles. The van der Waals surface area contributed by atoms with E-state index < -0.39 is 5.79 Å². The molecule has 0 aliphatic carbocycles. The molecule has 5 heteroatoms. The van der Waals surface area contributed by atoms with Crippen LogP contribution in [0.15, 0.2) is 36.4 Å². The fraction of sp³-hybridized carbons (Fsp3) is 0.400. The molecule has 2 aliphatic heterocycles. The van der Waals surface area contributed by atoms with Crippen LogP contribution < -0.4 is 18.9 Å². The van der Waals surface area contributed by atoms with Gasteiger partial charge in [-0.25, -0.2) is 0 Å². The molecule has 4 rings (SSSR count). The van der Waals surface area contributed by atoms with Gasteiger partial charge in [-0.2, -0.15) is 0 Å². The molecule has 0 aromatic heterocycles. The molecule has 3 atom stereocenters. The summed E-state index contributed by atoms with van der Waals surface area (Å²) in [5.41, 5.74) is 2.26. The average molecular weight is 342 g/mol. The predicted octanol–water partition coefficient (Wildman–Crippen LogP) is 3.95. The van der Waals surface area contributed by atoms with Crippen molar-refractivity contribution in [3.8, 4) is 23.0 Å². The van der Waals surface area contributed by atoms with Crippen molar-refractivity contribution in [1.29, 1.82) is 0 Å².